The SMILES string of the molecule is Cc1nn(-c2ccccc2)c(C)c1C(=O)C(=O)N1CCN(Cc2nc(-c3cccs3)no2)CC1. The van der Waals surface area contributed by atoms with Gasteiger partial charge in [-0.15, -0.1) is 11.3 Å². The number of benzene rings is 1. The molecule has 0 bridgehead atoms. The van der Waals surface area contributed by atoms with Crippen molar-refractivity contribution < 1.29 is 14.1 Å². The van der Waals surface area contributed by atoms with Crippen molar-refractivity contribution in [1.82, 2.24) is 29.7 Å². The summed E-state index contributed by atoms with van der Waals surface area (Å²) in [5, 5.41) is 10.5. The summed E-state index contributed by atoms with van der Waals surface area (Å²) in [7, 11) is 0. The van der Waals surface area contributed by atoms with Crippen LogP contribution in [-0.4, -0.2) is 67.6 Å². The maximum Gasteiger partial charge on any atom is 0.295 e. The molecule has 1 aliphatic heterocycles. The molecule has 34 heavy (non-hydrogen) atoms. The zero-order chi connectivity index (χ0) is 23.7. The number of carbonyl (C=O) groups excluding carboxylic acids is 2. The molecule has 4 heterocycles. The largest absolute Gasteiger partial charge is 0.338 e. The van der Waals surface area contributed by atoms with E-state index in [0.29, 0.717) is 61.4 Å². The Hall–Kier alpha value is -3.63. The van der Waals surface area contributed by atoms with Gasteiger partial charge in [0, 0.05) is 26.2 Å². The Morgan fingerprint density at radius 3 is 2.50 bits per heavy atom. The highest BCUT2D eigenvalue weighted by Gasteiger charge is 2.31. The molecule has 0 unspecified atom stereocenters. The lowest BCUT2D eigenvalue weighted by atomic mass is 10.1. The highest BCUT2D eigenvalue weighted by Crippen LogP contribution is 2.22. The van der Waals surface area contributed by atoms with Crippen molar-refractivity contribution in [2.45, 2.75) is 20.4 Å². The maximum atomic E-state index is 13.1. The molecule has 0 aliphatic carbocycles. The van der Waals surface area contributed by atoms with Gasteiger partial charge in [-0.2, -0.15) is 10.1 Å². The molecule has 1 fully saturated rings. The lowest BCUT2D eigenvalue weighted by Gasteiger charge is -2.33. The van der Waals surface area contributed by atoms with Crippen LogP contribution >= 0.6 is 11.3 Å². The fourth-order valence-electron chi connectivity index (χ4n) is 4.17. The van der Waals surface area contributed by atoms with Gasteiger partial charge in [0.2, 0.25) is 11.7 Å². The number of nitrogens with zero attached hydrogens (tertiary/aromatic N) is 6. The summed E-state index contributed by atoms with van der Waals surface area (Å²) in [6.07, 6.45) is 0. The molecule has 0 spiro atoms. The quantitative estimate of drug-likeness (QED) is 0.312. The van der Waals surface area contributed by atoms with E-state index in [9.17, 15) is 9.59 Å². The summed E-state index contributed by atoms with van der Waals surface area (Å²) < 4.78 is 7.10. The van der Waals surface area contributed by atoms with Crippen molar-refractivity contribution >= 4 is 23.0 Å². The monoisotopic (exact) mass is 476 g/mol. The number of amides is 1. The number of Topliss-reactive ketones (excluding diaryl/α,β-unsaturated/α-hetero) is 1. The van der Waals surface area contributed by atoms with Crippen molar-refractivity contribution in [3.63, 3.8) is 0 Å². The normalized spacial score (nSPS) is 14.5. The molecule has 0 N–H and O–H groups in total. The number of ketones is 1. The molecule has 5 rings (SSSR count). The Bertz CT molecular complexity index is 1300. The molecular formula is C24H24N6O3S. The zero-order valence-electron chi connectivity index (χ0n) is 19.0. The van der Waals surface area contributed by atoms with Gasteiger partial charge in [0.1, 0.15) is 0 Å². The van der Waals surface area contributed by atoms with Gasteiger partial charge in [-0.25, -0.2) is 4.68 Å². The third kappa shape index (κ3) is 4.29. The molecular weight excluding hydrogens is 452 g/mol. The van der Waals surface area contributed by atoms with Crippen molar-refractivity contribution in [3.05, 3.63) is 70.7 Å². The number of hydrogen-bond acceptors (Lipinski definition) is 8. The van der Waals surface area contributed by atoms with Crippen molar-refractivity contribution in [1.29, 1.82) is 0 Å². The third-order valence-corrected chi connectivity index (χ3v) is 6.81. The minimum Gasteiger partial charge on any atom is -0.338 e. The van der Waals surface area contributed by atoms with E-state index in [4.69, 9.17) is 4.52 Å². The van der Waals surface area contributed by atoms with E-state index in [0.717, 1.165) is 10.6 Å². The minimum atomic E-state index is -0.511. The molecule has 1 amide bonds. The molecule has 3 aromatic heterocycles. The molecule has 0 radical (unpaired) electrons. The lowest BCUT2D eigenvalue weighted by Crippen LogP contribution is -2.50. The Balaban J connectivity index is 1.22. The van der Waals surface area contributed by atoms with Crippen LogP contribution in [0.15, 0.2) is 52.4 Å². The summed E-state index contributed by atoms with van der Waals surface area (Å²) in [4.78, 5) is 35.3. The van der Waals surface area contributed by atoms with Crippen molar-refractivity contribution in [2.75, 3.05) is 26.2 Å². The first-order chi connectivity index (χ1) is 16.5. The maximum absolute atomic E-state index is 13.1. The Kier molecular flexibility index (Phi) is 6.08. The highest BCUT2D eigenvalue weighted by molar-refractivity contribution is 7.13. The molecule has 1 saturated heterocycles. The van der Waals surface area contributed by atoms with Crippen LogP contribution in [0.3, 0.4) is 0 Å². The summed E-state index contributed by atoms with van der Waals surface area (Å²) in [6, 6.07) is 13.5. The van der Waals surface area contributed by atoms with Crippen LogP contribution in [0.4, 0.5) is 0 Å². The smallest absolute Gasteiger partial charge is 0.295 e. The van der Waals surface area contributed by atoms with Crippen LogP contribution in [0, 0.1) is 13.8 Å². The second-order valence-corrected chi connectivity index (χ2v) is 9.13. The lowest BCUT2D eigenvalue weighted by molar-refractivity contribution is -0.128. The van der Waals surface area contributed by atoms with Crippen molar-refractivity contribution in [3.8, 4) is 16.4 Å². The summed E-state index contributed by atoms with van der Waals surface area (Å²) in [5.74, 6) is 0.129. The van der Waals surface area contributed by atoms with E-state index in [1.807, 2.05) is 54.8 Å². The molecule has 0 saturated carbocycles. The van der Waals surface area contributed by atoms with Gasteiger partial charge in [-0.1, -0.05) is 29.4 Å². The molecule has 10 heteroatoms. The average Bonchev–Trinajstić information content (AvgIpc) is 3.60. The number of aryl methyl sites for hydroxylation is 1. The summed E-state index contributed by atoms with van der Waals surface area (Å²) in [6.45, 7) is 6.26. The van der Waals surface area contributed by atoms with E-state index in [1.165, 1.54) is 0 Å². The van der Waals surface area contributed by atoms with Crippen molar-refractivity contribution in [2.24, 2.45) is 0 Å². The van der Waals surface area contributed by atoms with Gasteiger partial charge in [0.15, 0.2) is 0 Å². The Morgan fingerprint density at radius 1 is 1.03 bits per heavy atom. The molecule has 174 valence electrons. The molecule has 1 aliphatic rings. The number of piperazine rings is 1. The van der Waals surface area contributed by atoms with E-state index in [1.54, 1.807) is 27.8 Å². The molecule has 9 nitrogen and oxygen atoms in total. The van der Waals surface area contributed by atoms with Gasteiger partial charge in [0.25, 0.3) is 11.7 Å². The van der Waals surface area contributed by atoms with Crippen LogP contribution in [-0.2, 0) is 11.3 Å². The second-order valence-electron chi connectivity index (χ2n) is 8.18. The van der Waals surface area contributed by atoms with Crippen LogP contribution in [0.2, 0.25) is 0 Å². The zero-order valence-corrected chi connectivity index (χ0v) is 19.8. The fourth-order valence-corrected chi connectivity index (χ4v) is 4.82. The van der Waals surface area contributed by atoms with Crippen LogP contribution in [0.1, 0.15) is 27.6 Å². The van der Waals surface area contributed by atoms with E-state index in [2.05, 4.69) is 20.1 Å². The van der Waals surface area contributed by atoms with Crippen LogP contribution in [0.25, 0.3) is 16.4 Å². The predicted octanol–water partition coefficient (Wildman–Crippen LogP) is 3.13. The first-order valence-electron chi connectivity index (χ1n) is 11.1. The number of carbonyl (C=O) groups is 2. The van der Waals surface area contributed by atoms with E-state index >= 15 is 0 Å². The number of aromatic nitrogens is 4. The number of hydrogen-bond donors (Lipinski definition) is 0. The van der Waals surface area contributed by atoms with Gasteiger partial charge in [-0.3, -0.25) is 14.5 Å². The first-order valence-corrected chi connectivity index (χ1v) is 11.9. The Labute approximate surface area is 200 Å². The summed E-state index contributed by atoms with van der Waals surface area (Å²) in [5.41, 5.74) is 2.45. The van der Waals surface area contributed by atoms with Gasteiger partial charge < -0.3 is 9.42 Å². The Morgan fingerprint density at radius 2 is 1.79 bits per heavy atom. The van der Waals surface area contributed by atoms with E-state index in [-0.39, 0.29) is 0 Å². The second kappa shape index (κ2) is 9.32. The summed E-state index contributed by atoms with van der Waals surface area (Å²) >= 11 is 1.56. The minimum absolute atomic E-state index is 0.378. The molecule has 1 aromatic carbocycles. The topological polar surface area (TPSA) is 97.4 Å². The average molecular weight is 477 g/mol. The van der Waals surface area contributed by atoms with Gasteiger partial charge in [-0.05, 0) is 37.4 Å². The first kappa shape index (κ1) is 22.2. The molecule has 0 atom stereocenters. The number of para-hydroxylation sites is 1. The van der Waals surface area contributed by atoms with Crippen LogP contribution < -0.4 is 0 Å². The van der Waals surface area contributed by atoms with E-state index < -0.39 is 11.7 Å². The van der Waals surface area contributed by atoms with Gasteiger partial charge >= 0.3 is 0 Å². The molecule has 4 aromatic rings. The fraction of sp³-hybridized carbons (Fsp3) is 0.292. The third-order valence-electron chi connectivity index (χ3n) is 5.94. The predicted molar refractivity (Wildman–Crippen MR) is 127 cm³/mol. The van der Waals surface area contributed by atoms with Crippen LogP contribution in [0.5, 0.6) is 0 Å². The number of thiophene rings is 1. The van der Waals surface area contributed by atoms with Gasteiger partial charge in [0.05, 0.1) is 34.1 Å². The number of rotatable bonds is 6. The standard InChI is InChI=1S/C24H24N6O3S/c1-16-21(17(2)30(26-16)18-7-4-3-5-8-18)22(31)24(32)29-12-10-28(11-13-29)15-20-25-23(27-33-20)19-9-6-14-34-19/h3-9,14H,10-13,15H2,1-2H3. The highest BCUT2D eigenvalue weighted by atomic mass is 32.1.